The molecule has 0 heterocycles. The molecule has 0 aliphatic rings. The Morgan fingerprint density at radius 1 is 1.12 bits per heavy atom. The second-order valence-electron chi connectivity index (χ2n) is 3.66. The fraction of sp³-hybridized carbons (Fsp3) is 0.400. The van der Waals surface area contributed by atoms with E-state index >= 15 is 0 Å². The van der Waals surface area contributed by atoms with Crippen LogP contribution in [0.1, 0.15) is 18.4 Å². The molecule has 2 N–H and O–H groups in total. The van der Waals surface area contributed by atoms with Crippen molar-refractivity contribution < 1.29 is 27.8 Å². The van der Waals surface area contributed by atoms with Gasteiger partial charge in [0.05, 0.1) is 0 Å². The number of hydrogen-bond acceptors (Lipinski definition) is 3. The Kier molecular flexibility index (Phi) is 4.69. The molecule has 17 heavy (non-hydrogen) atoms. The van der Waals surface area contributed by atoms with Crippen LogP contribution in [0.5, 0.6) is 0 Å². The lowest BCUT2D eigenvalue weighted by Crippen LogP contribution is -2.30. The largest absolute Gasteiger partial charge is 0.381 e. The first-order chi connectivity index (χ1) is 7.85. The van der Waals surface area contributed by atoms with E-state index in [2.05, 4.69) is 4.43 Å². The molecule has 3 nitrogen and oxygen atoms in total. The summed E-state index contributed by atoms with van der Waals surface area (Å²) in [5.41, 5.74) is -0.00644. The molecular weight excluding hydrogens is 253 g/mol. The fourth-order valence-electron chi connectivity index (χ4n) is 1.37. The first-order valence-electron chi connectivity index (χ1n) is 4.99. The van der Waals surface area contributed by atoms with Gasteiger partial charge in [0.1, 0.15) is 5.82 Å². The molecule has 0 unspecified atom stereocenters. The van der Waals surface area contributed by atoms with Crippen molar-refractivity contribution in [3.63, 3.8) is 0 Å². The molecule has 0 saturated carbocycles. The first kappa shape index (κ1) is 14.2. The molecule has 0 saturated heterocycles. The number of benzene rings is 1. The smallest absolute Gasteiger partial charge is 0.267 e. The Balaban J connectivity index is 2.61. The van der Waals surface area contributed by atoms with Crippen LogP contribution in [0.25, 0.3) is 0 Å². The maximum absolute atomic E-state index is 13.2. The number of aryl methyl sites for hydroxylation is 1. The maximum atomic E-state index is 13.2. The van der Waals surface area contributed by atoms with Crippen molar-refractivity contribution in [3.05, 3.63) is 35.1 Å². The number of aliphatic hydroxyl groups is 2. The Hall–Kier alpha value is -0.893. The van der Waals surface area contributed by atoms with E-state index in [1.54, 1.807) is 0 Å². The van der Waals surface area contributed by atoms with E-state index in [1.165, 1.54) is 0 Å². The third-order valence-corrected chi connectivity index (χ3v) is 3.02. The molecule has 1 rings (SSSR count). The minimum atomic E-state index is -2.22. The van der Waals surface area contributed by atoms with E-state index in [4.69, 9.17) is 10.2 Å². The van der Waals surface area contributed by atoms with E-state index in [0.717, 1.165) is 6.07 Å². The van der Waals surface area contributed by atoms with E-state index in [0.29, 0.717) is 6.07 Å². The summed E-state index contributed by atoms with van der Waals surface area (Å²) in [5.74, 6) is -5.44. The lowest BCUT2D eigenvalue weighted by Gasteiger charge is -2.19. The highest BCUT2D eigenvalue weighted by molar-refractivity contribution is 5.98. The number of hydrogen-bond donors (Lipinski definition) is 2. The SMILES string of the molecule is OC(O)(CCCc1cc(F)c(F)cc1F)O[SiH3]. The molecule has 1 aromatic rings. The van der Waals surface area contributed by atoms with Crippen molar-refractivity contribution in [3.8, 4) is 0 Å². The lowest BCUT2D eigenvalue weighted by atomic mass is 10.1. The van der Waals surface area contributed by atoms with Gasteiger partial charge < -0.3 is 14.6 Å². The van der Waals surface area contributed by atoms with Crippen LogP contribution in [-0.2, 0) is 10.8 Å². The van der Waals surface area contributed by atoms with Gasteiger partial charge in [0.15, 0.2) is 22.1 Å². The van der Waals surface area contributed by atoms with Crippen molar-refractivity contribution in [1.82, 2.24) is 0 Å². The molecule has 0 fully saturated rings. The molecule has 0 aliphatic carbocycles. The predicted molar refractivity (Wildman–Crippen MR) is 57.4 cm³/mol. The summed E-state index contributed by atoms with van der Waals surface area (Å²) in [6, 6.07) is 1.24. The average Bonchev–Trinajstić information content (AvgIpc) is 2.25. The van der Waals surface area contributed by atoms with Gasteiger partial charge in [-0.1, -0.05) is 0 Å². The first-order valence-corrected chi connectivity index (χ1v) is 5.80. The van der Waals surface area contributed by atoms with E-state index in [1.807, 2.05) is 0 Å². The second-order valence-corrected chi connectivity index (χ2v) is 4.07. The van der Waals surface area contributed by atoms with Crippen LogP contribution in [0.2, 0.25) is 0 Å². The van der Waals surface area contributed by atoms with Gasteiger partial charge >= 0.3 is 0 Å². The minimum absolute atomic E-state index is 0.00644. The van der Waals surface area contributed by atoms with Gasteiger partial charge in [0.2, 0.25) is 0 Å². The number of halogens is 3. The normalized spacial score (nSPS) is 12.1. The molecular formula is C10H13F3O3Si. The van der Waals surface area contributed by atoms with Crippen LogP contribution in [0.3, 0.4) is 0 Å². The Morgan fingerprint density at radius 2 is 1.71 bits per heavy atom. The van der Waals surface area contributed by atoms with Gasteiger partial charge in [0, 0.05) is 12.5 Å². The molecule has 0 aliphatic heterocycles. The summed E-state index contributed by atoms with van der Waals surface area (Å²) in [5, 5.41) is 18.2. The summed E-state index contributed by atoms with van der Waals surface area (Å²) in [4.78, 5) is 0. The predicted octanol–water partition coefficient (Wildman–Crippen LogP) is 0.362. The van der Waals surface area contributed by atoms with Gasteiger partial charge in [-0.15, -0.1) is 0 Å². The Bertz CT molecular complexity index is 399. The third kappa shape index (κ3) is 4.12. The standard InChI is InChI=1S/C10H13F3O3Si/c11-7-5-9(13)8(12)4-6(7)2-1-3-10(14,15)16-17/h4-5,14-15H,1-3H2,17H3. The van der Waals surface area contributed by atoms with E-state index in [-0.39, 0.29) is 35.3 Å². The van der Waals surface area contributed by atoms with Gasteiger partial charge in [-0.05, 0) is 24.5 Å². The highest BCUT2D eigenvalue weighted by atomic mass is 28.2. The summed E-state index contributed by atoms with van der Waals surface area (Å²) in [6.45, 7) is 0. The Labute approximate surface area is 99.4 Å². The molecule has 0 spiro atoms. The summed E-state index contributed by atoms with van der Waals surface area (Å²) >= 11 is 0. The number of rotatable bonds is 5. The van der Waals surface area contributed by atoms with E-state index in [9.17, 15) is 13.2 Å². The third-order valence-electron chi connectivity index (χ3n) is 2.36. The zero-order valence-corrected chi connectivity index (χ0v) is 11.2. The second kappa shape index (κ2) is 5.63. The maximum Gasteiger partial charge on any atom is 0.267 e. The zero-order chi connectivity index (χ0) is 13.1. The fourth-order valence-corrected chi connectivity index (χ4v) is 1.57. The minimum Gasteiger partial charge on any atom is -0.381 e. The van der Waals surface area contributed by atoms with Gasteiger partial charge in [-0.2, -0.15) is 0 Å². The van der Waals surface area contributed by atoms with Crippen molar-refractivity contribution in [2.24, 2.45) is 0 Å². The highest BCUT2D eigenvalue weighted by Gasteiger charge is 2.21. The molecule has 96 valence electrons. The van der Waals surface area contributed by atoms with Crippen LogP contribution in [-0.4, -0.2) is 26.7 Å². The lowest BCUT2D eigenvalue weighted by molar-refractivity contribution is -0.295. The molecule has 0 aromatic heterocycles. The highest BCUT2D eigenvalue weighted by Crippen LogP contribution is 2.18. The van der Waals surface area contributed by atoms with E-state index < -0.39 is 23.4 Å². The summed E-state index contributed by atoms with van der Waals surface area (Å²) in [7, 11) is 0.146. The van der Waals surface area contributed by atoms with Crippen molar-refractivity contribution in [2.75, 3.05) is 0 Å². The molecule has 7 heteroatoms. The van der Waals surface area contributed by atoms with Crippen LogP contribution in [0.4, 0.5) is 13.2 Å². The van der Waals surface area contributed by atoms with Crippen LogP contribution in [0, 0.1) is 17.5 Å². The zero-order valence-electron chi connectivity index (χ0n) is 9.21. The van der Waals surface area contributed by atoms with Crippen molar-refractivity contribution >= 4 is 10.5 Å². The monoisotopic (exact) mass is 266 g/mol. The molecule has 0 bridgehead atoms. The molecule has 0 amide bonds. The van der Waals surface area contributed by atoms with Crippen LogP contribution in [0.15, 0.2) is 12.1 Å². The summed E-state index contributed by atoms with van der Waals surface area (Å²) in [6.07, 6.45) is 0.114. The van der Waals surface area contributed by atoms with Gasteiger partial charge in [-0.3, -0.25) is 0 Å². The molecule has 0 radical (unpaired) electrons. The quantitative estimate of drug-likeness (QED) is 0.460. The van der Waals surface area contributed by atoms with Gasteiger partial charge in [-0.25, -0.2) is 13.2 Å². The van der Waals surface area contributed by atoms with Crippen LogP contribution < -0.4 is 0 Å². The Morgan fingerprint density at radius 3 is 2.29 bits per heavy atom. The van der Waals surface area contributed by atoms with Crippen molar-refractivity contribution in [1.29, 1.82) is 0 Å². The molecule has 1 aromatic carbocycles. The van der Waals surface area contributed by atoms with Gasteiger partial charge in [0.25, 0.3) is 5.97 Å². The molecule has 0 atom stereocenters. The van der Waals surface area contributed by atoms with Crippen LogP contribution >= 0.6 is 0 Å². The average molecular weight is 266 g/mol. The van der Waals surface area contributed by atoms with Crippen molar-refractivity contribution in [2.45, 2.75) is 25.2 Å². The topological polar surface area (TPSA) is 49.7 Å². The summed E-state index contributed by atoms with van der Waals surface area (Å²) < 4.78 is 43.1.